The van der Waals surface area contributed by atoms with Gasteiger partial charge in [-0.05, 0) is 25.1 Å². The molecule has 1 rings (SSSR count). The molecular weight excluding hydrogens is 379 g/mol. The SMILES string of the molecule is CCOCC(CC(=O)N(C)c1cccc(NC(=O)C(CCl)CCl)c1)OC. The number of benzene rings is 1. The lowest BCUT2D eigenvalue weighted by Gasteiger charge is -2.22. The number of carbonyl (C=O) groups is 2. The Morgan fingerprint density at radius 1 is 1.27 bits per heavy atom. The molecule has 6 nitrogen and oxygen atoms in total. The Balaban J connectivity index is 2.76. The fraction of sp³-hybridized carbons (Fsp3) is 0.556. The largest absolute Gasteiger partial charge is 0.379 e. The number of hydrogen-bond acceptors (Lipinski definition) is 4. The summed E-state index contributed by atoms with van der Waals surface area (Å²) in [4.78, 5) is 26.1. The standard InChI is InChI=1S/C18H26Cl2N2O4/c1-4-26-12-16(25-3)9-17(23)22(2)15-7-5-6-14(8-15)21-18(24)13(10-19)11-20/h5-8,13,16H,4,9-12H2,1-3H3,(H,21,24). The van der Waals surface area contributed by atoms with Crippen LogP contribution in [-0.2, 0) is 19.1 Å². The third kappa shape index (κ3) is 7.11. The Morgan fingerprint density at radius 2 is 1.96 bits per heavy atom. The van der Waals surface area contributed by atoms with Gasteiger partial charge in [0.1, 0.15) is 0 Å². The second kappa shape index (κ2) is 12.1. The zero-order valence-electron chi connectivity index (χ0n) is 15.3. The van der Waals surface area contributed by atoms with Gasteiger partial charge in [0, 0.05) is 43.9 Å². The lowest BCUT2D eigenvalue weighted by Crippen LogP contribution is -2.32. The molecule has 146 valence electrons. The molecule has 0 radical (unpaired) electrons. The van der Waals surface area contributed by atoms with E-state index >= 15 is 0 Å². The van der Waals surface area contributed by atoms with Gasteiger partial charge in [0.05, 0.1) is 25.0 Å². The van der Waals surface area contributed by atoms with Crippen LogP contribution >= 0.6 is 23.2 Å². The minimum Gasteiger partial charge on any atom is -0.379 e. The molecule has 0 spiro atoms. The summed E-state index contributed by atoms with van der Waals surface area (Å²) in [5.41, 5.74) is 1.23. The molecule has 0 aliphatic rings. The maximum atomic E-state index is 12.5. The number of amides is 2. The topological polar surface area (TPSA) is 67.9 Å². The maximum Gasteiger partial charge on any atom is 0.229 e. The van der Waals surface area contributed by atoms with Crippen molar-refractivity contribution < 1.29 is 19.1 Å². The van der Waals surface area contributed by atoms with Gasteiger partial charge in [0.15, 0.2) is 0 Å². The average Bonchev–Trinajstić information content (AvgIpc) is 2.65. The first kappa shape index (κ1) is 22.7. The van der Waals surface area contributed by atoms with Gasteiger partial charge < -0.3 is 19.7 Å². The molecule has 1 atom stereocenters. The first-order chi connectivity index (χ1) is 12.5. The molecule has 0 fully saturated rings. The van der Waals surface area contributed by atoms with Crippen LogP contribution in [-0.4, -0.2) is 57.0 Å². The molecule has 1 aromatic rings. The van der Waals surface area contributed by atoms with Crippen LogP contribution in [0, 0.1) is 5.92 Å². The summed E-state index contributed by atoms with van der Waals surface area (Å²) < 4.78 is 10.6. The molecule has 0 bridgehead atoms. The summed E-state index contributed by atoms with van der Waals surface area (Å²) in [5, 5.41) is 2.77. The van der Waals surface area contributed by atoms with E-state index in [4.69, 9.17) is 32.7 Å². The molecule has 1 aromatic carbocycles. The fourth-order valence-corrected chi connectivity index (χ4v) is 2.76. The molecule has 8 heteroatoms. The van der Waals surface area contributed by atoms with E-state index in [0.717, 1.165) is 0 Å². The third-order valence-corrected chi connectivity index (χ3v) is 4.61. The number of carbonyl (C=O) groups excluding carboxylic acids is 2. The van der Waals surface area contributed by atoms with Crippen molar-refractivity contribution in [3.63, 3.8) is 0 Å². The number of nitrogens with one attached hydrogen (secondary N) is 1. The average molecular weight is 405 g/mol. The highest BCUT2D eigenvalue weighted by atomic mass is 35.5. The summed E-state index contributed by atoms with van der Waals surface area (Å²) in [7, 11) is 3.23. The Kier molecular flexibility index (Phi) is 10.6. The second-order valence-corrected chi connectivity index (χ2v) is 6.34. The van der Waals surface area contributed by atoms with Crippen LogP contribution in [0.3, 0.4) is 0 Å². The predicted molar refractivity (Wildman–Crippen MR) is 105 cm³/mol. The molecule has 0 saturated heterocycles. The number of nitrogens with zero attached hydrogens (tertiary/aromatic N) is 1. The van der Waals surface area contributed by atoms with Gasteiger partial charge in [0.25, 0.3) is 0 Å². The van der Waals surface area contributed by atoms with Crippen molar-refractivity contribution in [1.29, 1.82) is 0 Å². The predicted octanol–water partition coefficient (Wildman–Crippen LogP) is 3.12. The summed E-state index contributed by atoms with van der Waals surface area (Å²) in [6.07, 6.45) is -0.106. The van der Waals surface area contributed by atoms with E-state index < -0.39 is 5.92 Å². The van der Waals surface area contributed by atoms with Crippen molar-refractivity contribution in [2.24, 2.45) is 5.92 Å². The molecule has 1 unspecified atom stereocenters. The van der Waals surface area contributed by atoms with Gasteiger partial charge in [-0.1, -0.05) is 6.07 Å². The van der Waals surface area contributed by atoms with Gasteiger partial charge in [-0.2, -0.15) is 0 Å². The number of halogens is 2. The molecule has 0 saturated carbocycles. The Labute approximate surface area is 164 Å². The molecule has 1 N–H and O–H groups in total. The number of methoxy groups -OCH3 is 1. The lowest BCUT2D eigenvalue weighted by molar-refractivity contribution is -0.122. The van der Waals surface area contributed by atoms with Crippen molar-refractivity contribution >= 4 is 46.4 Å². The first-order valence-corrected chi connectivity index (χ1v) is 9.43. The monoisotopic (exact) mass is 404 g/mol. The van der Waals surface area contributed by atoms with Crippen LogP contribution in [0.15, 0.2) is 24.3 Å². The number of rotatable bonds is 11. The highest BCUT2D eigenvalue weighted by Crippen LogP contribution is 2.20. The Morgan fingerprint density at radius 3 is 2.54 bits per heavy atom. The van der Waals surface area contributed by atoms with Gasteiger partial charge in [-0.25, -0.2) is 0 Å². The van der Waals surface area contributed by atoms with E-state index in [1.807, 2.05) is 6.92 Å². The minimum atomic E-state index is -0.470. The van der Waals surface area contributed by atoms with Gasteiger partial charge in [-0.15, -0.1) is 23.2 Å². The summed E-state index contributed by atoms with van der Waals surface area (Å²) in [6.45, 7) is 2.82. The zero-order chi connectivity index (χ0) is 19.5. The normalized spacial score (nSPS) is 12.1. The van der Waals surface area contributed by atoms with Crippen LogP contribution in [0.1, 0.15) is 13.3 Å². The molecule has 0 aliphatic carbocycles. The lowest BCUT2D eigenvalue weighted by atomic mass is 10.2. The minimum absolute atomic E-state index is 0.112. The highest BCUT2D eigenvalue weighted by molar-refractivity contribution is 6.23. The van der Waals surface area contributed by atoms with Crippen LogP contribution in [0.25, 0.3) is 0 Å². The molecular formula is C18H26Cl2N2O4. The van der Waals surface area contributed by atoms with E-state index in [0.29, 0.717) is 24.6 Å². The van der Waals surface area contributed by atoms with Crippen molar-refractivity contribution in [3.05, 3.63) is 24.3 Å². The molecule has 2 amide bonds. The van der Waals surface area contributed by atoms with E-state index in [-0.39, 0.29) is 36.1 Å². The van der Waals surface area contributed by atoms with Gasteiger partial charge in [0.2, 0.25) is 11.8 Å². The molecule has 0 heterocycles. The van der Waals surface area contributed by atoms with Crippen molar-refractivity contribution in [3.8, 4) is 0 Å². The van der Waals surface area contributed by atoms with Gasteiger partial charge in [-0.3, -0.25) is 9.59 Å². The number of anilines is 2. The number of ether oxygens (including phenoxy) is 2. The number of hydrogen-bond donors (Lipinski definition) is 1. The maximum absolute atomic E-state index is 12.5. The van der Waals surface area contributed by atoms with E-state index in [1.54, 1.807) is 38.4 Å². The highest BCUT2D eigenvalue weighted by Gasteiger charge is 2.19. The van der Waals surface area contributed by atoms with Crippen LogP contribution in [0.2, 0.25) is 0 Å². The summed E-state index contributed by atoms with van der Waals surface area (Å²) in [6, 6.07) is 7.02. The summed E-state index contributed by atoms with van der Waals surface area (Å²) in [5.74, 6) is -0.545. The smallest absolute Gasteiger partial charge is 0.229 e. The number of alkyl halides is 2. The first-order valence-electron chi connectivity index (χ1n) is 8.36. The Bertz CT molecular complexity index is 582. The van der Waals surface area contributed by atoms with Crippen LogP contribution in [0.4, 0.5) is 11.4 Å². The van der Waals surface area contributed by atoms with Crippen molar-refractivity contribution in [1.82, 2.24) is 0 Å². The van der Waals surface area contributed by atoms with Crippen molar-refractivity contribution in [2.45, 2.75) is 19.4 Å². The second-order valence-electron chi connectivity index (χ2n) is 5.72. The van der Waals surface area contributed by atoms with E-state index in [9.17, 15) is 9.59 Å². The quantitative estimate of drug-likeness (QED) is 0.575. The van der Waals surface area contributed by atoms with Crippen LogP contribution < -0.4 is 10.2 Å². The Hall–Kier alpha value is -1.34. The third-order valence-electron chi connectivity index (χ3n) is 3.86. The molecule has 0 aliphatic heterocycles. The van der Waals surface area contributed by atoms with Crippen molar-refractivity contribution in [2.75, 3.05) is 49.3 Å². The van der Waals surface area contributed by atoms with Crippen LogP contribution in [0.5, 0.6) is 0 Å². The summed E-state index contributed by atoms with van der Waals surface area (Å²) >= 11 is 11.5. The zero-order valence-corrected chi connectivity index (χ0v) is 16.8. The molecule has 26 heavy (non-hydrogen) atoms. The fourth-order valence-electron chi connectivity index (χ4n) is 2.15. The van der Waals surface area contributed by atoms with Gasteiger partial charge >= 0.3 is 0 Å². The van der Waals surface area contributed by atoms with E-state index in [1.165, 1.54) is 4.90 Å². The molecule has 0 aromatic heterocycles. The van der Waals surface area contributed by atoms with E-state index in [2.05, 4.69) is 5.32 Å².